The largest absolute Gasteiger partial charge is 0.508 e. The Kier molecular flexibility index (Phi) is 3.18. The Bertz CT molecular complexity index is 273. The number of aliphatic hydroxyl groups excluding tert-OH is 3. The lowest BCUT2D eigenvalue weighted by Gasteiger charge is -2.33. The van der Waals surface area contributed by atoms with Crippen LogP contribution in [-0.2, 0) is 0 Å². The molecule has 0 spiro atoms. The lowest BCUT2D eigenvalue weighted by Crippen LogP contribution is -2.39. The van der Waals surface area contributed by atoms with Crippen LogP contribution in [0.3, 0.4) is 0 Å². The molecule has 4 heteroatoms. The van der Waals surface area contributed by atoms with Crippen molar-refractivity contribution in [1.29, 1.82) is 0 Å². The molecule has 0 heterocycles. The fourth-order valence-corrected chi connectivity index (χ4v) is 1.53. The highest BCUT2D eigenvalue weighted by Crippen LogP contribution is 2.35. The van der Waals surface area contributed by atoms with Crippen molar-refractivity contribution >= 4 is 0 Å². The Balaban J connectivity index is 2.76. The summed E-state index contributed by atoms with van der Waals surface area (Å²) < 4.78 is 0. The third kappa shape index (κ3) is 2.08. The molecule has 1 aliphatic rings. The number of rotatable bonds is 3. The predicted octanol–water partition coefficient (Wildman–Crippen LogP) is 0.860. The van der Waals surface area contributed by atoms with Crippen molar-refractivity contribution in [3.63, 3.8) is 0 Å². The van der Waals surface area contributed by atoms with Gasteiger partial charge in [0.1, 0.15) is 5.76 Å². The number of nitrogens with one attached hydrogen (secondary N) is 1. The molecule has 0 saturated carbocycles. The zero-order valence-corrected chi connectivity index (χ0v) is 8.49. The molecule has 0 amide bonds. The van der Waals surface area contributed by atoms with Gasteiger partial charge in [-0.2, -0.15) is 0 Å². The normalized spacial score (nSPS) is 29.4. The van der Waals surface area contributed by atoms with Gasteiger partial charge in [-0.3, -0.25) is 0 Å². The average molecular weight is 199 g/mol. The molecule has 1 rings (SSSR count). The summed E-state index contributed by atoms with van der Waals surface area (Å²) in [4.78, 5) is 0. The van der Waals surface area contributed by atoms with Crippen LogP contribution in [0.1, 0.15) is 13.3 Å². The quantitative estimate of drug-likeness (QED) is 0.544. The summed E-state index contributed by atoms with van der Waals surface area (Å²) in [6.07, 6.45) is 2.83. The van der Waals surface area contributed by atoms with E-state index in [-0.39, 0.29) is 17.9 Å². The van der Waals surface area contributed by atoms with E-state index in [4.69, 9.17) is 5.11 Å². The molecule has 80 valence electrons. The highest BCUT2D eigenvalue weighted by atomic mass is 16.3. The predicted molar refractivity (Wildman–Crippen MR) is 54.1 cm³/mol. The van der Waals surface area contributed by atoms with E-state index in [0.717, 1.165) is 0 Å². The number of aliphatic hydroxyl groups is 3. The van der Waals surface area contributed by atoms with Crippen LogP contribution < -0.4 is 5.32 Å². The molecule has 0 aromatic heterocycles. The van der Waals surface area contributed by atoms with E-state index in [1.165, 1.54) is 6.08 Å². The highest BCUT2D eigenvalue weighted by Gasteiger charge is 2.34. The molecule has 4 nitrogen and oxygen atoms in total. The molecule has 0 aromatic carbocycles. The zero-order chi connectivity index (χ0) is 10.8. The summed E-state index contributed by atoms with van der Waals surface area (Å²) in [7, 11) is 1.76. The Morgan fingerprint density at radius 3 is 2.71 bits per heavy atom. The van der Waals surface area contributed by atoms with Gasteiger partial charge in [0, 0.05) is 18.4 Å². The van der Waals surface area contributed by atoms with Gasteiger partial charge in [-0.15, -0.1) is 0 Å². The second-order valence-electron chi connectivity index (χ2n) is 3.92. The Hall–Kier alpha value is -1.00. The van der Waals surface area contributed by atoms with E-state index in [1.54, 1.807) is 13.1 Å². The smallest absolute Gasteiger partial charge is 0.152 e. The summed E-state index contributed by atoms with van der Waals surface area (Å²) in [5.74, 6) is -0.177. The molecule has 0 aromatic rings. The first kappa shape index (κ1) is 11.1. The molecule has 0 saturated heterocycles. The standard InChI is InChI=1S/C10H17NO3/c1-10(9(14)6-11-2)4-3-7(12)8(13)5-10/h3-4,9,11-14H,5-6H2,1-2H3. The number of likely N-dealkylation sites (N-methyl/N-ethyl adjacent to an activating group) is 1. The van der Waals surface area contributed by atoms with Crippen LogP contribution in [0.5, 0.6) is 0 Å². The molecule has 0 radical (unpaired) electrons. The van der Waals surface area contributed by atoms with Gasteiger partial charge in [-0.25, -0.2) is 0 Å². The van der Waals surface area contributed by atoms with Gasteiger partial charge in [0.2, 0.25) is 0 Å². The van der Waals surface area contributed by atoms with Gasteiger partial charge in [-0.05, 0) is 13.1 Å². The van der Waals surface area contributed by atoms with Crippen molar-refractivity contribution in [2.45, 2.75) is 19.4 Å². The van der Waals surface area contributed by atoms with Crippen LogP contribution in [-0.4, -0.2) is 35.0 Å². The Labute approximate surface area is 83.6 Å². The monoisotopic (exact) mass is 199 g/mol. The van der Waals surface area contributed by atoms with Crippen LogP contribution in [0, 0.1) is 5.41 Å². The number of hydrogen-bond acceptors (Lipinski definition) is 4. The summed E-state index contributed by atoms with van der Waals surface area (Å²) in [6.45, 7) is 2.29. The summed E-state index contributed by atoms with van der Waals surface area (Å²) >= 11 is 0. The molecule has 14 heavy (non-hydrogen) atoms. The SMILES string of the molecule is CNCC(O)C1(C)C=CC(O)=C(O)C1. The molecular weight excluding hydrogens is 182 g/mol. The number of allylic oxidation sites excluding steroid dienone is 2. The van der Waals surface area contributed by atoms with Crippen LogP contribution in [0.15, 0.2) is 23.7 Å². The van der Waals surface area contributed by atoms with Crippen molar-refractivity contribution in [1.82, 2.24) is 5.32 Å². The van der Waals surface area contributed by atoms with Crippen molar-refractivity contribution in [2.75, 3.05) is 13.6 Å². The Morgan fingerprint density at radius 1 is 1.57 bits per heavy atom. The van der Waals surface area contributed by atoms with Gasteiger partial charge < -0.3 is 20.6 Å². The third-order valence-electron chi connectivity index (χ3n) is 2.62. The minimum Gasteiger partial charge on any atom is -0.508 e. The van der Waals surface area contributed by atoms with Crippen LogP contribution >= 0.6 is 0 Å². The molecule has 1 aliphatic carbocycles. The topological polar surface area (TPSA) is 72.7 Å². The average Bonchev–Trinajstić information content (AvgIpc) is 2.13. The van der Waals surface area contributed by atoms with Gasteiger partial charge in [0.25, 0.3) is 0 Å². The van der Waals surface area contributed by atoms with E-state index in [2.05, 4.69) is 5.32 Å². The fraction of sp³-hybridized carbons (Fsp3) is 0.600. The van der Waals surface area contributed by atoms with Crippen LogP contribution in [0.2, 0.25) is 0 Å². The van der Waals surface area contributed by atoms with Gasteiger partial charge in [-0.1, -0.05) is 13.0 Å². The molecule has 0 bridgehead atoms. The van der Waals surface area contributed by atoms with Crippen LogP contribution in [0.25, 0.3) is 0 Å². The highest BCUT2D eigenvalue weighted by molar-refractivity contribution is 5.25. The lowest BCUT2D eigenvalue weighted by atomic mass is 9.77. The van der Waals surface area contributed by atoms with Gasteiger partial charge >= 0.3 is 0 Å². The first-order valence-corrected chi connectivity index (χ1v) is 4.62. The van der Waals surface area contributed by atoms with Crippen molar-refractivity contribution in [3.05, 3.63) is 23.7 Å². The fourth-order valence-electron chi connectivity index (χ4n) is 1.53. The Morgan fingerprint density at radius 2 is 2.21 bits per heavy atom. The summed E-state index contributed by atoms with van der Waals surface area (Å²) in [5.41, 5.74) is -0.515. The first-order valence-electron chi connectivity index (χ1n) is 4.62. The van der Waals surface area contributed by atoms with Gasteiger partial charge in [0.15, 0.2) is 5.76 Å². The minimum atomic E-state index is -0.584. The molecule has 0 aliphatic heterocycles. The molecule has 2 atom stereocenters. The maximum atomic E-state index is 9.81. The second-order valence-corrected chi connectivity index (χ2v) is 3.92. The third-order valence-corrected chi connectivity index (χ3v) is 2.62. The van der Waals surface area contributed by atoms with E-state index in [0.29, 0.717) is 6.54 Å². The van der Waals surface area contributed by atoms with E-state index in [9.17, 15) is 10.2 Å². The van der Waals surface area contributed by atoms with Crippen molar-refractivity contribution in [3.8, 4) is 0 Å². The second kappa shape index (κ2) is 4.02. The maximum Gasteiger partial charge on any atom is 0.152 e. The molecule has 2 unspecified atom stereocenters. The molecule has 0 fully saturated rings. The van der Waals surface area contributed by atoms with E-state index in [1.807, 2.05) is 6.92 Å². The zero-order valence-electron chi connectivity index (χ0n) is 8.49. The van der Waals surface area contributed by atoms with E-state index < -0.39 is 11.5 Å². The van der Waals surface area contributed by atoms with E-state index >= 15 is 0 Å². The summed E-state index contributed by atoms with van der Waals surface area (Å²) in [5, 5.41) is 31.2. The van der Waals surface area contributed by atoms with Crippen molar-refractivity contribution < 1.29 is 15.3 Å². The van der Waals surface area contributed by atoms with Gasteiger partial charge in [0.05, 0.1) is 6.10 Å². The van der Waals surface area contributed by atoms with Crippen molar-refractivity contribution in [2.24, 2.45) is 5.41 Å². The molecular formula is C10H17NO3. The minimum absolute atomic E-state index is 0.0647. The maximum absolute atomic E-state index is 9.81. The molecule has 4 N–H and O–H groups in total. The number of hydrogen-bond donors (Lipinski definition) is 4. The van der Waals surface area contributed by atoms with Crippen LogP contribution in [0.4, 0.5) is 0 Å². The lowest BCUT2D eigenvalue weighted by molar-refractivity contribution is 0.0605. The summed E-state index contributed by atoms with van der Waals surface area (Å²) in [6, 6.07) is 0. The first-order chi connectivity index (χ1) is 6.49.